The average Bonchev–Trinajstić information content (AvgIpc) is 2.85. The second kappa shape index (κ2) is 5.48. The molecule has 1 amide bonds. The van der Waals surface area contributed by atoms with Crippen molar-refractivity contribution in [2.24, 2.45) is 5.41 Å². The standard InChI is InChI=1S/C16H17NO3S/c18-14(19)8-16(6-3-7-16)10-17-15(20)12-9-21-13-5-2-1-4-11(12)13/h1-2,4-5,9H,3,6-8,10H2,(H,17,20)(H,18,19). The van der Waals surface area contributed by atoms with Gasteiger partial charge in [-0.05, 0) is 24.3 Å². The Morgan fingerprint density at radius 3 is 2.71 bits per heavy atom. The zero-order valence-electron chi connectivity index (χ0n) is 11.6. The number of fused-ring (bicyclic) bond motifs is 1. The van der Waals surface area contributed by atoms with Gasteiger partial charge >= 0.3 is 5.97 Å². The predicted molar refractivity (Wildman–Crippen MR) is 82.7 cm³/mol. The quantitative estimate of drug-likeness (QED) is 0.891. The van der Waals surface area contributed by atoms with Gasteiger partial charge in [-0.1, -0.05) is 24.6 Å². The number of aliphatic carboxylic acids is 1. The molecule has 3 rings (SSSR count). The number of carboxylic acid groups (broad SMARTS) is 1. The molecule has 1 aliphatic rings. The number of thiophene rings is 1. The molecule has 1 saturated carbocycles. The molecule has 2 aromatic rings. The molecule has 1 aromatic heterocycles. The molecule has 0 aliphatic heterocycles. The lowest BCUT2D eigenvalue weighted by Crippen LogP contribution is -2.43. The third-order valence-electron chi connectivity index (χ3n) is 4.29. The van der Waals surface area contributed by atoms with Crippen molar-refractivity contribution in [3.8, 4) is 0 Å². The van der Waals surface area contributed by atoms with E-state index in [1.807, 2.05) is 29.6 Å². The monoisotopic (exact) mass is 303 g/mol. The van der Waals surface area contributed by atoms with Crippen LogP contribution in [-0.2, 0) is 4.79 Å². The highest BCUT2D eigenvalue weighted by Crippen LogP contribution is 2.43. The van der Waals surface area contributed by atoms with E-state index in [9.17, 15) is 9.59 Å². The zero-order chi connectivity index (χ0) is 14.9. The van der Waals surface area contributed by atoms with E-state index in [1.54, 1.807) is 11.3 Å². The smallest absolute Gasteiger partial charge is 0.303 e. The van der Waals surface area contributed by atoms with Crippen molar-refractivity contribution in [1.29, 1.82) is 0 Å². The van der Waals surface area contributed by atoms with Gasteiger partial charge in [-0.2, -0.15) is 0 Å². The second-order valence-corrected chi connectivity index (χ2v) is 6.66. The first-order valence-electron chi connectivity index (χ1n) is 7.06. The summed E-state index contributed by atoms with van der Waals surface area (Å²) in [7, 11) is 0. The van der Waals surface area contributed by atoms with Crippen molar-refractivity contribution in [1.82, 2.24) is 5.32 Å². The molecule has 0 unspecified atom stereocenters. The molecule has 0 spiro atoms. The van der Waals surface area contributed by atoms with Crippen molar-refractivity contribution >= 4 is 33.3 Å². The zero-order valence-corrected chi connectivity index (χ0v) is 12.4. The number of amides is 1. The van der Waals surface area contributed by atoms with E-state index in [0.717, 1.165) is 29.3 Å². The maximum Gasteiger partial charge on any atom is 0.303 e. The van der Waals surface area contributed by atoms with Gasteiger partial charge in [-0.25, -0.2) is 0 Å². The van der Waals surface area contributed by atoms with Crippen LogP contribution in [0, 0.1) is 5.41 Å². The number of carbonyl (C=O) groups is 2. The Kier molecular flexibility index (Phi) is 3.68. The predicted octanol–water partition coefficient (Wildman–Crippen LogP) is 3.28. The van der Waals surface area contributed by atoms with Gasteiger partial charge in [0.1, 0.15) is 0 Å². The van der Waals surface area contributed by atoms with E-state index in [1.165, 1.54) is 0 Å². The number of hydrogen-bond acceptors (Lipinski definition) is 3. The number of hydrogen-bond donors (Lipinski definition) is 2. The summed E-state index contributed by atoms with van der Waals surface area (Å²) in [6.45, 7) is 0.447. The summed E-state index contributed by atoms with van der Waals surface area (Å²) in [5.41, 5.74) is 0.438. The maximum absolute atomic E-state index is 12.3. The van der Waals surface area contributed by atoms with Crippen LogP contribution in [-0.4, -0.2) is 23.5 Å². The number of rotatable bonds is 5. The molecule has 0 atom stereocenters. The maximum atomic E-state index is 12.3. The molecular formula is C16H17NO3S. The Morgan fingerprint density at radius 1 is 1.29 bits per heavy atom. The fourth-order valence-corrected chi connectivity index (χ4v) is 3.87. The molecule has 21 heavy (non-hydrogen) atoms. The Bertz CT molecular complexity index is 688. The Labute approximate surface area is 126 Å². The van der Waals surface area contributed by atoms with Crippen LogP contribution in [0.15, 0.2) is 29.6 Å². The fraction of sp³-hybridized carbons (Fsp3) is 0.375. The largest absolute Gasteiger partial charge is 0.481 e. The van der Waals surface area contributed by atoms with Crippen LogP contribution in [0.2, 0.25) is 0 Å². The van der Waals surface area contributed by atoms with E-state index in [0.29, 0.717) is 12.1 Å². The van der Waals surface area contributed by atoms with Crippen LogP contribution in [0.5, 0.6) is 0 Å². The summed E-state index contributed by atoms with van der Waals surface area (Å²) >= 11 is 1.55. The summed E-state index contributed by atoms with van der Waals surface area (Å²) in [5.74, 6) is -0.894. The molecule has 2 N–H and O–H groups in total. The molecule has 0 radical (unpaired) electrons. The summed E-state index contributed by atoms with van der Waals surface area (Å²) in [4.78, 5) is 23.3. The summed E-state index contributed by atoms with van der Waals surface area (Å²) < 4.78 is 1.09. The Hall–Kier alpha value is -1.88. The van der Waals surface area contributed by atoms with Crippen LogP contribution in [0.25, 0.3) is 10.1 Å². The number of benzene rings is 1. The van der Waals surface area contributed by atoms with Crippen molar-refractivity contribution in [2.75, 3.05) is 6.54 Å². The SMILES string of the molecule is O=C(O)CC1(CNC(=O)c2csc3ccccc23)CCC1. The molecular weight excluding hydrogens is 286 g/mol. The number of carboxylic acids is 1. The molecule has 0 saturated heterocycles. The van der Waals surface area contributed by atoms with Crippen LogP contribution < -0.4 is 5.32 Å². The fourth-order valence-electron chi connectivity index (χ4n) is 2.93. The van der Waals surface area contributed by atoms with Crippen LogP contribution >= 0.6 is 11.3 Å². The third-order valence-corrected chi connectivity index (χ3v) is 5.25. The van der Waals surface area contributed by atoms with Gasteiger partial charge in [-0.3, -0.25) is 9.59 Å². The lowest BCUT2D eigenvalue weighted by atomic mass is 9.66. The van der Waals surface area contributed by atoms with Gasteiger partial charge in [0, 0.05) is 22.0 Å². The van der Waals surface area contributed by atoms with Gasteiger partial charge in [0.2, 0.25) is 0 Å². The molecule has 0 bridgehead atoms. The Morgan fingerprint density at radius 2 is 2.05 bits per heavy atom. The van der Waals surface area contributed by atoms with Gasteiger partial charge in [0.15, 0.2) is 0 Å². The lowest BCUT2D eigenvalue weighted by Gasteiger charge is -2.40. The second-order valence-electron chi connectivity index (χ2n) is 5.75. The lowest BCUT2D eigenvalue weighted by molar-refractivity contribution is -0.141. The minimum Gasteiger partial charge on any atom is -0.481 e. The molecule has 4 nitrogen and oxygen atoms in total. The number of carbonyl (C=O) groups excluding carboxylic acids is 1. The van der Waals surface area contributed by atoms with Crippen molar-refractivity contribution in [3.05, 3.63) is 35.2 Å². The van der Waals surface area contributed by atoms with Crippen LogP contribution in [0.4, 0.5) is 0 Å². The summed E-state index contributed by atoms with van der Waals surface area (Å²) in [5, 5.41) is 14.7. The van der Waals surface area contributed by atoms with E-state index < -0.39 is 5.97 Å². The van der Waals surface area contributed by atoms with E-state index in [2.05, 4.69) is 5.32 Å². The minimum absolute atomic E-state index is 0.107. The normalized spacial score (nSPS) is 16.4. The van der Waals surface area contributed by atoms with Crippen molar-refractivity contribution in [3.63, 3.8) is 0 Å². The van der Waals surface area contributed by atoms with E-state index >= 15 is 0 Å². The highest BCUT2D eigenvalue weighted by Gasteiger charge is 2.39. The van der Waals surface area contributed by atoms with Gasteiger partial charge in [-0.15, -0.1) is 11.3 Å². The Balaban J connectivity index is 1.70. The summed E-state index contributed by atoms with van der Waals surface area (Å²) in [6, 6.07) is 7.81. The topological polar surface area (TPSA) is 66.4 Å². The van der Waals surface area contributed by atoms with Gasteiger partial charge in [0.05, 0.1) is 12.0 Å². The van der Waals surface area contributed by atoms with Crippen molar-refractivity contribution < 1.29 is 14.7 Å². The molecule has 5 heteroatoms. The first-order chi connectivity index (χ1) is 10.1. The molecule has 1 aromatic carbocycles. The molecule has 110 valence electrons. The molecule has 1 heterocycles. The minimum atomic E-state index is -0.787. The highest BCUT2D eigenvalue weighted by molar-refractivity contribution is 7.17. The molecule has 1 fully saturated rings. The van der Waals surface area contributed by atoms with Gasteiger partial charge in [0.25, 0.3) is 5.91 Å². The first-order valence-corrected chi connectivity index (χ1v) is 7.94. The van der Waals surface area contributed by atoms with Crippen LogP contribution in [0.3, 0.4) is 0 Å². The average molecular weight is 303 g/mol. The van der Waals surface area contributed by atoms with E-state index in [-0.39, 0.29) is 17.7 Å². The number of nitrogens with one attached hydrogen (secondary N) is 1. The summed E-state index contributed by atoms with van der Waals surface area (Å²) in [6.07, 6.45) is 2.94. The first kappa shape index (κ1) is 14.1. The highest BCUT2D eigenvalue weighted by atomic mass is 32.1. The van der Waals surface area contributed by atoms with Gasteiger partial charge < -0.3 is 10.4 Å². The molecule has 1 aliphatic carbocycles. The third kappa shape index (κ3) is 2.78. The van der Waals surface area contributed by atoms with Crippen LogP contribution in [0.1, 0.15) is 36.0 Å². The van der Waals surface area contributed by atoms with E-state index in [4.69, 9.17) is 5.11 Å². The van der Waals surface area contributed by atoms with Crippen molar-refractivity contribution in [2.45, 2.75) is 25.7 Å².